The van der Waals surface area contributed by atoms with Crippen LogP contribution >= 0.6 is 0 Å². The summed E-state index contributed by atoms with van der Waals surface area (Å²) in [6.07, 6.45) is -0.532. The highest BCUT2D eigenvalue weighted by Gasteiger charge is 2.35. The van der Waals surface area contributed by atoms with E-state index >= 15 is 0 Å². The normalized spacial score (nSPS) is 12.8. The Morgan fingerprint density at radius 3 is 1.92 bits per heavy atom. The van der Waals surface area contributed by atoms with Gasteiger partial charge >= 0.3 is 5.97 Å². The summed E-state index contributed by atoms with van der Waals surface area (Å²) in [5.41, 5.74) is 1.95. The van der Waals surface area contributed by atoms with Gasteiger partial charge in [-0.15, -0.1) is 0 Å². The number of hydrogen-bond donors (Lipinski definition) is 1. The zero-order valence-electron chi connectivity index (χ0n) is 21.1. The van der Waals surface area contributed by atoms with Crippen LogP contribution in [0.2, 0.25) is 0 Å². The fraction of sp³-hybridized carbons (Fsp3) is 0.310. The van der Waals surface area contributed by atoms with Crippen LogP contribution in [0.3, 0.4) is 0 Å². The molecule has 190 valence electrons. The van der Waals surface area contributed by atoms with Crippen LogP contribution in [-0.4, -0.2) is 31.2 Å². The maximum Gasteiger partial charge on any atom is 0.337 e. The van der Waals surface area contributed by atoms with Gasteiger partial charge in [-0.3, -0.25) is 4.79 Å². The van der Waals surface area contributed by atoms with Gasteiger partial charge < -0.3 is 24.3 Å². The Labute approximate surface area is 212 Å². The first-order valence-electron chi connectivity index (χ1n) is 11.7. The van der Waals surface area contributed by atoms with Crippen molar-refractivity contribution in [2.75, 3.05) is 7.11 Å². The van der Waals surface area contributed by atoms with Gasteiger partial charge in [-0.2, -0.15) is 0 Å². The number of carbonyl (C=O) groups is 2. The molecule has 0 fully saturated rings. The van der Waals surface area contributed by atoms with Crippen molar-refractivity contribution in [3.63, 3.8) is 0 Å². The van der Waals surface area contributed by atoms with Crippen molar-refractivity contribution < 1.29 is 28.5 Å². The third kappa shape index (κ3) is 7.85. The fourth-order valence-corrected chi connectivity index (χ4v) is 3.60. The molecular formula is C29H33NO6. The minimum Gasteiger partial charge on any atom is -0.485 e. The first kappa shape index (κ1) is 26.8. The molecule has 3 rings (SSSR count). The largest absolute Gasteiger partial charge is 0.485 e. The average Bonchev–Trinajstić information content (AvgIpc) is 2.88. The molecule has 3 aromatic carbocycles. The third-order valence-corrected chi connectivity index (χ3v) is 5.27. The second-order valence-electron chi connectivity index (χ2n) is 9.19. The van der Waals surface area contributed by atoms with Crippen molar-refractivity contribution in [3.05, 3.63) is 95.6 Å². The van der Waals surface area contributed by atoms with Crippen molar-refractivity contribution in [1.29, 1.82) is 0 Å². The van der Waals surface area contributed by atoms with Gasteiger partial charge in [0.05, 0.1) is 18.8 Å². The smallest absolute Gasteiger partial charge is 0.337 e. The van der Waals surface area contributed by atoms with Gasteiger partial charge in [0.1, 0.15) is 13.2 Å². The molecule has 0 saturated heterocycles. The van der Waals surface area contributed by atoms with Crippen LogP contribution in [0.1, 0.15) is 43.5 Å². The summed E-state index contributed by atoms with van der Waals surface area (Å²) >= 11 is 0. The maximum absolute atomic E-state index is 12.6. The molecule has 0 heterocycles. The maximum atomic E-state index is 12.6. The summed E-state index contributed by atoms with van der Waals surface area (Å²) in [5, 5.41) is 2.71. The molecule has 1 amide bonds. The Morgan fingerprint density at radius 1 is 0.861 bits per heavy atom. The summed E-state index contributed by atoms with van der Waals surface area (Å²) < 4.78 is 23.2. The zero-order valence-corrected chi connectivity index (χ0v) is 21.1. The van der Waals surface area contributed by atoms with Crippen LogP contribution in [0.25, 0.3) is 0 Å². The van der Waals surface area contributed by atoms with E-state index in [-0.39, 0.29) is 0 Å². The Bertz CT molecular complexity index is 1110. The van der Waals surface area contributed by atoms with Gasteiger partial charge in [-0.1, -0.05) is 66.7 Å². The molecule has 0 bridgehead atoms. The molecule has 0 aliphatic carbocycles. The first-order valence-corrected chi connectivity index (χ1v) is 11.7. The van der Waals surface area contributed by atoms with E-state index in [9.17, 15) is 9.59 Å². The Morgan fingerprint density at radius 2 is 1.42 bits per heavy atom. The molecule has 0 aliphatic rings. The van der Waals surface area contributed by atoms with E-state index in [4.69, 9.17) is 18.9 Å². The van der Waals surface area contributed by atoms with E-state index < -0.39 is 23.7 Å². The fourth-order valence-electron chi connectivity index (χ4n) is 3.60. The number of benzene rings is 3. The predicted octanol–water partition coefficient (Wildman–Crippen LogP) is 4.99. The minimum absolute atomic E-state index is 0.316. The number of carbonyl (C=O) groups excluding carboxylic acids is 2. The quantitative estimate of drug-likeness (QED) is 0.284. The average molecular weight is 492 g/mol. The second-order valence-corrected chi connectivity index (χ2v) is 9.19. The summed E-state index contributed by atoms with van der Waals surface area (Å²) in [7, 11) is 1.29. The summed E-state index contributed by atoms with van der Waals surface area (Å²) in [4.78, 5) is 24.2. The van der Waals surface area contributed by atoms with E-state index in [2.05, 4.69) is 5.32 Å². The molecule has 3 aromatic rings. The molecule has 7 heteroatoms. The lowest BCUT2D eigenvalue weighted by Gasteiger charge is -2.31. The molecule has 2 unspecified atom stereocenters. The molecule has 0 saturated carbocycles. The standard InChI is InChI=1S/C29H33NO6/c1-29(2,3)36-27(28(32)33-4)26(30-20-31)23-15-16-24(34-18-21-11-7-5-8-12-21)25(17-23)35-19-22-13-9-6-10-14-22/h5-17,20,26-27H,18-19H2,1-4H3,(H,30,31). The molecule has 0 aliphatic heterocycles. The molecule has 0 radical (unpaired) electrons. The number of esters is 1. The van der Waals surface area contributed by atoms with E-state index in [1.807, 2.05) is 81.4 Å². The summed E-state index contributed by atoms with van der Waals surface area (Å²) in [6.45, 7) is 6.16. The minimum atomic E-state index is -1.07. The number of ether oxygens (including phenoxy) is 4. The van der Waals surface area contributed by atoms with Gasteiger partial charge in [0, 0.05) is 0 Å². The first-order chi connectivity index (χ1) is 17.3. The van der Waals surface area contributed by atoms with Crippen molar-refractivity contribution in [2.24, 2.45) is 0 Å². The second kappa shape index (κ2) is 12.7. The van der Waals surface area contributed by atoms with Gasteiger partial charge in [-0.05, 0) is 49.6 Å². The van der Waals surface area contributed by atoms with E-state index in [0.717, 1.165) is 11.1 Å². The molecule has 36 heavy (non-hydrogen) atoms. The molecular weight excluding hydrogens is 458 g/mol. The lowest BCUT2D eigenvalue weighted by molar-refractivity contribution is -0.167. The molecule has 0 spiro atoms. The molecule has 1 N–H and O–H groups in total. The lowest BCUT2D eigenvalue weighted by Crippen LogP contribution is -2.43. The highest BCUT2D eigenvalue weighted by Crippen LogP contribution is 2.34. The highest BCUT2D eigenvalue weighted by atomic mass is 16.6. The van der Waals surface area contributed by atoms with Crippen LogP contribution in [0.15, 0.2) is 78.9 Å². The SMILES string of the molecule is COC(=O)C(OC(C)(C)C)C(NC=O)c1ccc(OCc2ccccc2)c(OCc2ccccc2)c1. The van der Waals surface area contributed by atoms with Gasteiger partial charge in [-0.25, -0.2) is 4.79 Å². The Kier molecular flexibility index (Phi) is 9.47. The van der Waals surface area contributed by atoms with Crippen LogP contribution < -0.4 is 14.8 Å². The van der Waals surface area contributed by atoms with E-state index in [1.54, 1.807) is 18.2 Å². The molecule has 7 nitrogen and oxygen atoms in total. The van der Waals surface area contributed by atoms with Crippen molar-refractivity contribution in [2.45, 2.75) is 51.7 Å². The van der Waals surface area contributed by atoms with Crippen molar-refractivity contribution >= 4 is 12.4 Å². The monoisotopic (exact) mass is 491 g/mol. The number of amides is 1. The third-order valence-electron chi connectivity index (χ3n) is 5.27. The number of methoxy groups -OCH3 is 1. The van der Waals surface area contributed by atoms with E-state index in [0.29, 0.717) is 36.7 Å². The summed E-state index contributed by atoms with van der Waals surface area (Å²) in [6, 6.07) is 24.1. The summed E-state index contributed by atoms with van der Waals surface area (Å²) in [5.74, 6) is 0.416. The lowest BCUT2D eigenvalue weighted by atomic mass is 9.99. The van der Waals surface area contributed by atoms with Crippen LogP contribution in [-0.2, 0) is 32.3 Å². The van der Waals surface area contributed by atoms with E-state index in [1.165, 1.54) is 7.11 Å². The Hall–Kier alpha value is -3.84. The zero-order chi connectivity index (χ0) is 26.0. The number of nitrogens with one attached hydrogen (secondary N) is 1. The van der Waals surface area contributed by atoms with Gasteiger partial charge in [0.2, 0.25) is 6.41 Å². The topological polar surface area (TPSA) is 83.1 Å². The molecule has 2 atom stereocenters. The van der Waals surface area contributed by atoms with Crippen LogP contribution in [0, 0.1) is 0 Å². The van der Waals surface area contributed by atoms with Crippen molar-refractivity contribution in [1.82, 2.24) is 5.32 Å². The molecule has 0 aromatic heterocycles. The number of hydrogen-bond acceptors (Lipinski definition) is 6. The number of rotatable bonds is 12. The Balaban J connectivity index is 1.95. The van der Waals surface area contributed by atoms with Crippen molar-refractivity contribution in [3.8, 4) is 11.5 Å². The van der Waals surface area contributed by atoms with Gasteiger partial charge in [0.25, 0.3) is 0 Å². The predicted molar refractivity (Wildman–Crippen MR) is 137 cm³/mol. The van der Waals surface area contributed by atoms with Crippen LogP contribution in [0.4, 0.5) is 0 Å². The highest BCUT2D eigenvalue weighted by molar-refractivity contribution is 5.76. The van der Waals surface area contributed by atoms with Gasteiger partial charge in [0.15, 0.2) is 17.6 Å². The van der Waals surface area contributed by atoms with Crippen LogP contribution in [0.5, 0.6) is 11.5 Å².